The molecule has 0 aliphatic rings. The van der Waals surface area contributed by atoms with Crippen LogP contribution >= 0.6 is 23.1 Å². The molecule has 1 aromatic heterocycles. The number of para-hydroxylation sites is 1. The standard InChI is InChI=1S/C19H18N2O3S2/c1-12-7-9-14(10-8-12)20-18(23)13(2)24-17(22)11-25-19-21-15-5-3-4-6-16(15)26-19/h3-10,13H,11H2,1-2H3,(H,20,23)/t13-/m0/s1. The molecular formula is C19H18N2O3S2. The average molecular weight is 386 g/mol. The SMILES string of the molecule is Cc1ccc(NC(=O)[C@H](C)OC(=O)CSc2nc3ccccc3s2)cc1. The van der Waals surface area contributed by atoms with Crippen LogP contribution in [0.5, 0.6) is 0 Å². The fraction of sp³-hybridized carbons (Fsp3) is 0.211. The first-order chi connectivity index (χ1) is 12.5. The molecule has 7 heteroatoms. The number of nitrogens with one attached hydrogen (secondary N) is 1. The van der Waals surface area contributed by atoms with Crippen LogP contribution in [0.15, 0.2) is 52.9 Å². The number of nitrogens with zero attached hydrogens (tertiary/aromatic N) is 1. The Hall–Kier alpha value is -2.38. The number of carbonyl (C=O) groups excluding carboxylic acids is 2. The maximum atomic E-state index is 12.1. The van der Waals surface area contributed by atoms with E-state index in [1.165, 1.54) is 23.1 Å². The van der Waals surface area contributed by atoms with Gasteiger partial charge in [0.25, 0.3) is 5.91 Å². The highest BCUT2D eigenvalue weighted by Gasteiger charge is 2.18. The number of ether oxygens (including phenoxy) is 1. The molecule has 0 spiro atoms. The van der Waals surface area contributed by atoms with Gasteiger partial charge in [0, 0.05) is 5.69 Å². The van der Waals surface area contributed by atoms with E-state index in [1.807, 2.05) is 55.5 Å². The minimum absolute atomic E-state index is 0.113. The summed E-state index contributed by atoms with van der Waals surface area (Å²) in [6, 6.07) is 15.2. The van der Waals surface area contributed by atoms with Crippen molar-refractivity contribution in [1.82, 2.24) is 4.98 Å². The summed E-state index contributed by atoms with van der Waals surface area (Å²) in [5.41, 5.74) is 2.70. The molecular weight excluding hydrogens is 368 g/mol. The van der Waals surface area contributed by atoms with Gasteiger partial charge in [0.15, 0.2) is 10.4 Å². The summed E-state index contributed by atoms with van der Waals surface area (Å²) >= 11 is 2.85. The minimum Gasteiger partial charge on any atom is -0.452 e. The lowest BCUT2D eigenvalue weighted by molar-refractivity contribution is -0.150. The van der Waals surface area contributed by atoms with Crippen LogP contribution in [0.2, 0.25) is 0 Å². The third-order valence-corrected chi connectivity index (χ3v) is 5.74. The first-order valence-electron chi connectivity index (χ1n) is 8.06. The summed E-state index contributed by atoms with van der Waals surface area (Å²) in [5, 5.41) is 2.73. The van der Waals surface area contributed by atoms with Crippen LogP contribution in [0.25, 0.3) is 10.2 Å². The van der Waals surface area contributed by atoms with Gasteiger partial charge in [0.05, 0.1) is 16.0 Å². The second-order valence-corrected chi connectivity index (χ2v) is 7.98. The minimum atomic E-state index is -0.861. The van der Waals surface area contributed by atoms with Gasteiger partial charge in [-0.1, -0.05) is 41.6 Å². The average Bonchev–Trinajstić information content (AvgIpc) is 3.05. The molecule has 1 N–H and O–H groups in total. The van der Waals surface area contributed by atoms with Gasteiger partial charge >= 0.3 is 5.97 Å². The summed E-state index contributed by atoms with van der Waals surface area (Å²) in [7, 11) is 0. The number of fused-ring (bicyclic) bond motifs is 1. The molecule has 0 fully saturated rings. The number of hydrogen-bond donors (Lipinski definition) is 1. The first kappa shape index (κ1) is 18.4. The lowest BCUT2D eigenvalue weighted by atomic mass is 10.2. The van der Waals surface area contributed by atoms with E-state index in [-0.39, 0.29) is 11.7 Å². The Kier molecular flexibility index (Phi) is 5.90. The molecule has 5 nitrogen and oxygen atoms in total. The molecule has 1 heterocycles. The van der Waals surface area contributed by atoms with Crippen molar-refractivity contribution in [3.63, 3.8) is 0 Å². The smallest absolute Gasteiger partial charge is 0.317 e. The normalized spacial score (nSPS) is 11.9. The molecule has 0 unspecified atom stereocenters. The molecule has 26 heavy (non-hydrogen) atoms. The zero-order valence-electron chi connectivity index (χ0n) is 14.4. The largest absolute Gasteiger partial charge is 0.452 e. The number of thiazole rings is 1. The quantitative estimate of drug-likeness (QED) is 0.506. The van der Waals surface area contributed by atoms with E-state index < -0.39 is 12.1 Å². The molecule has 1 amide bonds. The molecule has 3 aromatic rings. The zero-order chi connectivity index (χ0) is 18.5. The van der Waals surface area contributed by atoms with Crippen LogP contribution in [0.1, 0.15) is 12.5 Å². The molecule has 0 saturated heterocycles. The van der Waals surface area contributed by atoms with E-state index >= 15 is 0 Å². The van der Waals surface area contributed by atoms with Crippen LogP contribution in [-0.2, 0) is 14.3 Å². The number of thioether (sulfide) groups is 1. The van der Waals surface area contributed by atoms with Gasteiger partial charge < -0.3 is 10.1 Å². The molecule has 2 aromatic carbocycles. The number of hydrogen-bond acceptors (Lipinski definition) is 6. The second kappa shape index (κ2) is 8.33. The predicted molar refractivity (Wildman–Crippen MR) is 106 cm³/mol. The molecule has 134 valence electrons. The summed E-state index contributed by atoms with van der Waals surface area (Å²) in [6.45, 7) is 3.53. The number of aryl methyl sites for hydroxylation is 1. The van der Waals surface area contributed by atoms with Gasteiger partial charge in [0.2, 0.25) is 0 Å². The third-order valence-electron chi connectivity index (χ3n) is 3.58. The van der Waals surface area contributed by atoms with Crippen LogP contribution in [-0.4, -0.2) is 28.7 Å². The number of amides is 1. The summed E-state index contributed by atoms with van der Waals surface area (Å²) in [6.07, 6.45) is -0.861. The van der Waals surface area contributed by atoms with Crippen LogP contribution in [0, 0.1) is 6.92 Å². The van der Waals surface area contributed by atoms with Crippen molar-refractivity contribution in [2.75, 3.05) is 11.1 Å². The number of carbonyl (C=O) groups is 2. The lowest BCUT2D eigenvalue weighted by Crippen LogP contribution is -2.30. The second-order valence-electron chi connectivity index (χ2n) is 5.72. The van der Waals surface area contributed by atoms with E-state index in [0.717, 1.165) is 20.1 Å². The maximum Gasteiger partial charge on any atom is 0.317 e. The highest BCUT2D eigenvalue weighted by Crippen LogP contribution is 2.29. The molecule has 0 radical (unpaired) electrons. The van der Waals surface area contributed by atoms with Crippen LogP contribution in [0.3, 0.4) is 0 Å². The Bertz CT molecular complexity index is 889. The van der Waals surface area contributed by atoms with Crippen molar-refractivity contribution in [2.24, 2.45) is 0 Å². The monoisotopic (exact) mass is 386 g/mol. The van der Waals surface area contributed by atoms with Gasteiger partial charge in [-0.3, -0.25) is 9.59 Å². The Labute approximate surface area is 159 Å². The lowest BCUT2D eigenvalue weighted by Gasteiger charge is -2.13. The van der Waals surface area contributed by atoms with Crippen molar-refractivity contribution in [3.05, 3.63) is 54.1 Å². The predicted octanol–water partition coefficient (Wildman–Crippen LogP) is 4.27. The molecule has 0 aliphatic carbocycles. The molecule has 0 aliphatic heterocycles. The van der Waals surface area contributed by atoms with Crippen molar-refractivity contribution in [3.8, 4) is 0 Å². The van der Waals surface area contributed by atoms with Crippen molar-refractivity contribution in [1.29, 1.82) is 0 Å². The van der Waals surface area contributed by atoms with E-state index in [4.69, 9.17) is 4.74 Å². The molecule has 3 rings (SSSR count). The van der Waals surface area contributed by atoms with Gasteiger partial charge in [-0.25, -0.2) is 4.98 Å². The Balaban J connectivity index is 1.48. The Morgan fingerprint density at radius 1 is 1.19 bits per heavy atom. The number of benzene rings is 2. The molecule has 1 atom stereocenters. The Morgan fingerprint density at radius 3 is 2.65 bits per heavy atom. The number of anilines is 1. The maximum absolute atomic E-state index is 12.1. The number of esters is 1. The van der Waals surface area contributed by atoms with E-state index in [0.29, 0.717) is 5.69 Å². The highest BCUT2D eigenvalue weighted by molar-refractivity contribution is 8.01. The number of aromatic nitrogens is 1. The van der Waals surface area contributed by atoms with Gasteiger partial charge in [-0.15, -0.1) is 11.3 Å². The zero-order valence-corrected chi connectivity index (χ0v) is 16.0. The fourth-order valence-electron chi connectivity index (χ4n) is 2.20. The Morgan fingerprint density at radius 2 is 1.92 bits per heavy atom. The topological polar surface area (TPSA) is 68.3 Å². The number of rotatable bonds is 6. The van der Waals surface area contributed by atoms with Crippen molar-refractivity contribution in [2.45, 2.75) is 24.3 Å². The van der Waals surface area contributed by atoms with Crippen LogP contribution < -0.4 is 5.32 Å². The molecule has 0 saturated carbocycles. The van der Waals surface area contributed by atoms with Crippen LogP contribution in [0.4, 0.5) is 5.69 Å². The van der Waals surface area contributed by atoms with Gasteiger partial charge in [-0.05, 0) is 38.1 Å². The van der Waals surface area contributed by atoms with Gasteiger partial charge in [-0.2, -0.15) is 0 Å². The van der Waals surface area contributed by atoms with Crippen molar-refractivity contribution >= 4 is 50.9 Å². The van der Waals surface area contributed by atoms with E-state index in [2.05, 4.69) is 10.3 Å². The summed E-state index contributed by atoms with van der Waals surface area (Å²) in [4.78, 5) is 28.6. The van der Waals surface area contributed by atoms with E-state index in [1.54, 1.807) is 6.92 Å². The van der Waals surface area contributed by atoms with E-state index in [9.17, 15) is 9.59 Å². The van der Waals surface area contributed by atoms with Crippen molar-refractivity contribution < 1.29 is 14.3 Å². The first-order valence-corrected chi connectivity index (χ1v) is 9.87. The fourth-order valence-corrected chi connectivity index (χ4v) is 4.05. The highest BCUT2D eigenvalue weighted by atomic mass is 32.2. The molecule has 0 bridgehead atoms. The van der Waals surface area contributed by atoms with Gasteiger partial charge in [0.1, 0.15) is 0 Å². The summed E-state index contributed by atoms with van der Waals surface area (Å²) in [5.74, 6) is -0.685. The summed E-state index contributed by atoms with van der Waals surface area (Å²) < 4.78 is 7.09. The third kappa shape index (κ3) is 4.83.